The van der Waals surface area contributed by atoms with Crippen molar-refractivity contribution in [2.24, 2.45) is 0 Å². The van der Waals surface area contributed by atoms with Crippen molar-refractivity contribution in [2.75, 3.05) is 26.1 Å². The molecule has 128 valence electrons. The Balaban J connectivity index is 1.86. The van der Waals surface area contributed by atoms with E-state index in [2.05, 4.69) is 10.6 Å². The van der Waals surface area contributed by atoms with Gasteiger partial charge in [0.2, 0.25) is 0 Å². The van der Waals surface area contributed by atoms with Crippen LogP contribution in [0.2, 0.25) is 0 Å². The SMILES string of the molecule is COc1ccc(CCNC(=O)Nc2cc(O)cc(O)c2)cc1OC. The zero-order chi connectivity index (χ0) is 17.5. The molecule has 7 nitrogen and oxygen atoms in total. The minimum Gasteiger partial charge on any atom is -0.508 e. The molecule has 0 saturated heterocycles. The normalized spacial score (nSPS) is 10.1. The van der Waals surface area contributed by atoms with Crippen LogP contribution in [0.15, 0.2) is 36.4 Å². The molecule has 0 bridgehead atoms. The highest BCUT2D eigenvalue weighted by molar-refractivity contribution is 5.89. The van der Waals surface area contributed by atoms with E-state index in [-0.39, 0.29) is 11.5 Å². The maximum atomic E-state index is 11.8. The van der Waals surface area contributed by atoms with Gasteiger partial charge in [0, 0.05) is 30.4 Å². The van der Waals surface area contributed by atoms with Gasteiger partial charge in [-0.1, -0.05) is 6.07 Å². The number of rotatable bonds is 6. The third-order valence-electron chi connectivity index (χ3n) is 3.31. The second kappa shape index (κ2) is 7.96. The van der Waals surface area contributed by atoms with E-state index in [0.717, 1.165) is 5.56 Å². The van der Waals surface area contributed by atoms with Gasteiger partial charge in [-0.2, -0.15) is 0 Å². The number of carbonyl (C=O) groups is 1. The summed E-state index contributed by atoms with van der Waals surface area (Å²) in [5, 5.41) is 24.0. The number of phenolic OH excluding ortho intramolecular Hbond substituents is 2. The van der Waals surface area contributed by atoms with E-state index in [1.165, 1.54) is 18.2 Å². The Labute approximate surface area is 139 Å². The molecule has 0 aromatic heterocycles. The van der Waals surface area contributed by atoms with Crippen LogP contribution < -0.4 is 20.1 Å². The Morgan fingerprint density at radius 1 is 1.00 bits per heavy atom. The molecule has 0 unspecified atom stereocenters. The second-order valence-electron chi connectivity index (χ2n) is 5.06. The molecule has 0 heterocycles. The minimum atomic E-state index is -0.430. The quantitative estimate of drug-likeness (QED) is 0.651. The molecule has 0 aliphatic rings. The summed E-state index contributed by atoms with van der Waals surface area (Å²) < 4.78 is 10.4. The van der Waals surface area contributed by atoms with Crippen molar-refractivity contribution in [2.45, 2.75) is 6.42 Å². The summed E-state index contributed by atoms with van der Waals surface area (Å²) in [7, 11) is 3.14. The van der Waals surface area contributed by atoms with Gasteiger partial charge in [-0.3, -0.25) is 0 Å². The van der Waals surface area contributed by atoms with Crippen LogP contribution in [0, 0.1) is 0 Å². The molecule has 0 spiro atoms. The van der Waals surface area contributed by atoms with E-state index in [4.69, 9.17) is 9.47 Å². The van der Waals surface area contributed by atoms with Crippen LogP contribution in [0.1, 0.15) is 5.56 Å². The van der Waals surface area contributed by atoms with Crippen LogP contribution in [0.4, 0.5) is 10.5 Å². The van der Waals surface area contributed by atoms with Gasteiger partial charge in [0.05, 0.1) is 14.2 Å². The number of phenols is 2. The number of ether oxygens (including phenoxy) is 2. The van der Waals surface area contributed by atoms with Crippen molar-refractivity contribution in [3.05, 3.63) is 42.0 Å². The zero-order valence-electron chi connectivity index (χ0n) is 13.5. The number of anilines is 1. The van der Waals surface area contributed by atoms with Crippen LogP contribution in [-0.4, -0.2) is 37.0 Å². The molecule has 2 aromatic rings. The molecule has 2 aromatic carbocycles. The van der Waals surface area contributed by atoms with E-state index < -0.39 is 6.03 Å². The van der Waals surface area contributed by atoms with Crippen LogP contribution in [-0.2, 0) is 6.42 Å². The molecule has 0 aliphatic heterocycles. The fourth-order valence-corrected chi connectivity index (χ4v) is 2.20. The molecule has 0 radical (unpaired) electrons. The highest BCUT2D eigenvalue weighted by Crippen LogP contribution is 2.27. The monoisotopic (exact) mass is 332 g/mol. The van der Waals surface area contributed by atoms with Crippen molar-refractivity contribution >= 4 is 11.7 Å². The summed E-state index contributed by atoms with van der Waals surface area (Å²) in [6, 6.07) is 8.99. The Bertz CT molecular complexity index is 698. The van der Waals surface area contributed by atoms with Gasteiger partial charge in [0.1, 0.15) is 11.5 Å². The molecule has 2 rings (SSSR count). The summed E-state index contributed by atoms with van der Waals surface area (Å²) in [6.45, 7) is 0.409. The van der Waals surface area contributed by atoms with Gasteiger partial charge in [0.25, 0.3) is 0 Å². The molecule has 0 aliphatic carbocycles. The Kier molecular flexibility index (Phi) is 5.73. The maximum absolute atomic E-state index is 11.8. The van der Waals surface area contributed by atoms with Crippen LogP contribution in [0.25, 0.3) is 0 Å². The first kappa shape index (κ1) is 17.3. The smallest absolute Gasteiger partial charge is 0.319 e. The van der Waals surface area contributed by atoms with Crippen LogP contribution in [0.3, 0.4) is 0 Å². The Hall–Kier alpha value is -3.09. The Morgan fingerprint density at radius 2 is 1.67 bits per heavy atom. The topological polar surface area (TPSA) is 100 Å². The number of hydrogen-bond donors (Lipinski definition) is 4. The summed E-state index contributed by atoms with van der Waals surface area (Å²) in [6.07, 6.45) is 0.610. The number of benzene rings is 2. The number of nitrogens with one attached hydrogen (secondary N) is 2. The zero-order valence-corrected chi connectivity index (χ0v) is 13.5. The fourth-order valence-electron chi connectivity index (χ4n) is 2.20. The largest absolute Gasteiger partial charge is 0.508 e. The highest BCUT2D eigenvalue weighted by Gasteiger charge is 2.06. The lowest BCUT2D eigenvalue weighted by Gasteiger charge is -2.11. The van der Waals surface area contributed by atoms with Crippen molar-refractivity contribution in [3.63, 3.8) is 0 Å². The molecule has 0 atom stereocenters. The molecule has 0 fully saturated rings. The first-order chi connectivity index (χ1) is 11.5. The molecule has 24 heavy (non-hydrogen) atoms. The number of amides is 2. The van der Waals surface area contributed by atoms with E-state index in [1.54, 1.807) is 14.2 Å². The summed E-state index contributed by atoms with van der Waals surface area (Å²) >= 11 is 0. The van der Waals surface area contributed by atoms with Crippen molar-refractivity contribution in [1.82, 2.24) is 5.32 Å². The van der Waals surface area contributed by atoms with Gasteiger partial charge >= 0.3 is 6.03 Å². The number of hydrogen-bond acceptors (Lipinski definition) is 5. The second-order valence-corrected chi connectivity index (χ2v) is 5.06. The van der Waals surface area contributed by atoms with Crippen LogP contribution >= 0.6 is 0 Å². The third-order valence-corrected chi connectivity index (χ3v) is 3.31. The van der Waals surface area contributed by atoms with E-state index in [0.29, 0.717) is 30.2 Å². The van der Waals surface area contributed by atoms with E-state index in [9.17, 15) is 15.0 Å². The summed E-state index contributed by atoms with van der Waals surface area (Å²) in [5.41, 5.74) is 1.29. The first-order valence-corrected chi connectivity index (χ1v) is 7.30. The lowest BCUT2D eigenvalue weighted by Crippen LogP contribution is -2.30. The Morgan fingerprint density at radius 3 is 2.29 bits per heavy atom. The fraction of sp³-hybridized carbons (Fsp3) is 0.235. The number of carbonyl (C=O) groups excluding carboxylic acids is 1. The third kappa shape index (κ3) is 4.70. The highest BCUT2D eigenvalue weighted by atomic mass is 16.5. The van der Waals surface area contributed by atoms with Gasteiger partial charge < -0.3 is 30.3 Å². The number of aromatic hydroxyl groups is 2. The number of urea groups is 1. The maximum Gasteiger partial charge on any atom is 0.319 e. The molecule has 7 heteroatoms. The van der Waals surface area contributed by atoms with Crippen molar-refractivity contribution < 1.29 is 24.5 Å². The minimum absolute atomic E-state index is 0.129. The molecule has 0 saturated carbocycles. The van der Waals surface area contributed by atoms with Crippen molar-refractivity contribution in [3.8, 4) is 23.0 Å². The van der Waals surface area contributed by atoms with Gasteiger partial charge in [-0.05, 0) is 24.1 Å². The van der Waals surface area contributed by atoms with Gasteiger partial charge in [-0.15, -0.1) is 0 Å². The van der Waals surface area contributed by atoms with Crippen LogP contribution in [0.5, 0.6) is 23.0 Å². The van der Waals surface area contributed by atoms with E-state index in [1.807, 2.05) is 18.2 Å². The van der Waals surface area contributed by atoms with E-state index >= 15 is 0 Å². The summed E-state index contributed by atoms with van der Waals surface area (Å²) in [4.78, 5) is 11.8. The molecule has 2 amide bonds. The molecule has 4 N–H and O–H groups in total. The standard InChI is InChI=1S/C17H20N2O5/c1-23-15-4-3-11(7-16(15)24-2)5-6-18-17(22)19-12-8-13(20)10-14(21)9-12/h3-4,7-10,20-21H,5-6H2,1-2H3,(H2,18,19,22). The van der Waals surface area contributed by atoms with Gasteiger partial charge in [0.15, 0.2) is 11.5 Å². The molecular weight excluding hydrogens is 312 g/mol. The lowest BCUT2D eigenvalue weighted by atomic mass is 10.1. The number of methoxy groups -OCH3 is 2. The predicted octanol–water partition coefficient (Wildman–Crippen LogP) is 2.48. The molecular formula is C17H20N2O5. The average molecular weight is 332 g/mol. The van der Waals surface area contributed by atoms with Gasteiger partial charge in [-0.25, -0.2) is 4.79 Å². The average Bonchev–Trinajstić information content (AvgIpc) is 2.53. The van der Waals surface area contributed by atoms with Crippen molar-refractivity contribution in [1.29, 1.82) is 0 Å². The summed E-state index contributed by atoms with van der Waals surface area (Å²) in [5.74, 6) is 1.02. The first-order valence-electron chi connectivity index (χ1n) is 7.30. The predicted molar refractivity (Wildman–Crippen MR) is 90.0 cm³/mol. The lowest BCUT2D eigenvalue weighted by molar-refractivity contribution is 0.252.